The topological polar surface area (TPSA) is 15.3 Å². The van der Waals surface area contributed by atoms with Gasteiger partial charge in [0.1, 0.15) is 5.82 Å². The van der Waals surface area contributed by atoms with Crippen LogP contribution in [0.1, 0.15) is 24.9 Å². The molecule has 1 heterocycles. The number of halogens is 2. The first-order valence-electron chi connectivity index (χ1n) is 5.97. The monoisotopic (exact) mass is 256 g/mol. The molecule has 0 bridgehead atoms. The van der Waals surface area contributed by atoms with Crippen molar-refractivity contribution in [3.8, 4) is 0 Å². The first kappa shape index (κ1) is 12.8. The molecule has 1 aromatic rings. The highest BCUT2D eigenvalue weighted by Crippen LogP contribution is 2.29. The molecule has 0 saturated carbocycles. The van der Waals surface area contributed by atoms with Gasteiger partial charge < -0.3 is 5.32 Å². The fraction of sp³-hybridized carbons (Fsp3) is 0.538. The van der Waals surface area contributed by atoms with Crippen LogP contribution in [0.4, 0.5) is 4.39 Å². The SMILES string of the molecule is CC(c1ccc(F)cc1Cl)N(C)C1CCNC1. The summed E-state index contributed by atoms with van der Waals surface area (Å²) in [5.41, 5.74) is 0.988. The van der Waals surface area contributed by atoms with Crippen LogP contribution in [0, 0.1) is 5.82 Å². The van der Waals surface area contributed by atoms with Crippen LogP contribution in [0.15, 0.2) is 18.2 Å². The van der Waals surface area contributed by atoms with E-state index in [1.54, 1.807) is 6.07 Å². The smallest absolute Gasteiger partial charge is 0.124 e. The summed E-state index contributed by atoms with van der Waals surface area (Å²) in [4.78, 5) is 2.30. The molecule has 0 spiro atoms. The van der Waals surface area contributed by atoms with E-state index in [0.29, 0.717) is 11.1 Å². The Morgan fingerprint density at radius 2 is 2.29 bits per heavy atom. The van der Waals surface area contributed by atoms with Crippen LogP contribution >= 0.6 is 11.6 Å². The second kappa shape index (κ2) is 5.34. The summed E-state index contributed by atoms with van der Waals surface area (Å²) in [6.45, 7) is 4.19. The van der Waals surface area contributed by atoms with Gasteiger partial charge in [0.25, 0.3) is 0 Å². The Morgan fingerprint density at radius 3 is 2.88 bits per heavy atom. The van der Waals surface area contributed by atoms with Gasteiger partial charge in [0.05, 0.1) is 0 Å². The second-order valence-corrected chi connectivity index (χ2v) is 5.06. The minimum Gasteiger partial charge on any atom is -0.315 e. The number of nitrogens with zero attached hydrogens (tertiary/aromatic N) is 1. The van der Waals surface area contributed by atoms with Crippen LogP contribution in [0.25, 0.3) is 0 Å². The zero-order chi connectivity index (χ0) is 12.4. The van der Waals surface area contributed by atoms with Gasteiger partial charge in [-0.2, -0.15) is 0 Å². The molecule has 4 heteroatoms. The van der Waals surface area contributed by atoms with Crippen molar-refractivity contribution in [2.45, 2.75) is 25.4 Å². The van der Waals surface area contributed by atoms with E-state index >= 15 is 0 Å². The number of benzene rings is 1. The Kier molecular flexibility index (Phi) is 4.02. The summed E-state index contributed by atoms with van der Waals surface area (Å²) >= 11 is 6.09. The number of likely N-dealkylation sites (N-methyl/N-ethyl adjacent to an activating group) is 1. The molecular weight excluding hydrogens is 239 g/mol. The molecule has 1 aliphatic heterocycles. The molecule has 0 aromatic heterocycles. The first-order chi connectivity index (χ1) is 8.09. The maximum absolute atomic E-state index is 13.0. The van der Waals surface area contributed by atoms with E-state index in [-0.39, 0.29) is 11.9 Å². The lowest BCUT2D eigenvalue weighted by molar-refractivity contribution is 0.197. The van der Waals surface area contributed by atoms with E-state index < -0.39 is 0 Å². The lowest BCUT2D eigenvalue weighted by Gasteiger charge is -2.30. The van der Waals surface area contributed by atoms with Crippen molar-refractivity contribution in [3.05, 3.63) is 34.6 Å². The van der Waals surface area contributed by atoms with E-state index in [0.717, 1.165) is 25.1 Å². The molecule has 0 amide bonds. The van der Waals surface area contributed by atoms with Crippen molar-refractivity contribution in [2.24, 2.45) is 0 Å². The van der Waals surface area contributed by atoms with Crippen LogP contribution in [0.3, 0.4) is 0 Å². The minimum atomic E-state index is -0.281. The molecule has 0 aliphatic carbocycles. The van der Waals surface area contributed by atoms with Crippen molar-refractivity contribution in [1.82, 2.24) is 10.2 Å². The van der Waals surface area contributed by atoms with Crippen LogP contribution < -0.4 is 5.32 Å². The van der Waals surface area contributed by atoms with Gasteiger partial charge in [0, 0.05) is 23.7 Å². The van der Waals surface area contributed by atoms with Crippen molar-refractivity contribution in [2.75, 3.05) is 20.1 Å². The maximum atomic E-state index is 13.0. The van der Waals surface area contributed by atoms with Gasteiger partial charge in [-0.1, -0.05) is 17.7 Å². The molecule has 0 radical (unpaired) electrons. The fourth-order valence-corrected chi connectivity index (χ4v) is 2.69. The predicted octanol–water partition coefficient (Wildman–Crippen LogP) is 2.83. The third-order valence-corrected chi connectivity index (χ3v) is 3.96. The molecule has 2 unspecified atom stereocenters. The van der Waals surface area contributed by atoms with Gasteiger partial charge in [-0.15, -0.1) is 0 Å². The Bertz CT molecular complexity index is 391. The standard InChI is InChI=1S/C13H18ClFN2/c1-9(17(2)11-5-6-16-8-11)12-4-3-10(15)7-13(12)14/h3-4,7,9,11,16H,5-6,8H2,1-2H3. The molecule has 1 N–H and O–H groups in total. The van der Waals surface area contributed by atoms with Gasteiger partial charge in [-0.3, -0.25) is 4.90 Å². The summed E-state index contributed by atoms with van der Waals surface area (Å²) in [5, 5.41) is 3.86. The molecule has 1 fully saturated rings. The van der Waals surface area contributed by atoms with Gasteiger partial charge in [-0.25, -0.2) is 4.39 Å². The van der Waals surface area contributed by atoms with Crippen molar-refractivity contribution in [3.63, 3.8) is 0 Å². The van der Waals surface area contributed by atoms with E-state index in [1.807, 2.05) is 0 Å². The van der Waals surface area contributed by atoms with Crippen molar-refractivity contribution in [1.29, 1.82) is 0 Å². The Morgan fingerprint density at radius 1 is 1.53 bits per heavy atom. The predicted molar refractivity (Wildman–Crippen MR) is 68.9 cm³/mol. The first-order valence-corrected chi connectivity index (χ1v) is 6.35. The largest absolute Gasteiger partial charge is 0.315 e. The summed E-state index contributed by atoms with van der Waals surface area (Å²) in [7, 11) is 2.10. The Balaban J connectivity index is 2.15. The molecule has 17 heavy (non-hydrogen) atoms. The summed E-state index contributed by atoms with van der Waals surface area (Å²) in [6.07, 6.45) is 1.15. The molecule has 1 saturated heterocycles. The molecule has 2 rings (SSSR count). The number of nitrogens with one attached hydrogen (secondary N) is 1. The van der Waals surface area contributed by atoms with E-state index in [4.69, 9.17) is 11.6 Å². The van der Waals surface area contributed by atoms with Crippen LogP contribution in [-0.4, -0.2) is 31.1 Å². The van der Waals surface area contributed by atoms with Crippen molar-refractivity contribution >= 4 is 11.6 Å². The van der Waals surface area contributed by atoms with E-state index in [9.17, 15) is 4.39 Å². The lowest BCUT2D eigenvalue weighted by Crippen LogP contribution is -2.35. The quantitative estimate of drug-likeness (QED) is 0.895. The Labute approximate surface area is 107 Å². The normalized spacial score (nSPS) is 22.1. The minimum absolute atomic E-state index is 0.202. The zero-order valence-corrected chi connectivity index (χ0v) is 11.0. The van der Waals surface area contributed by atoms with E-state index in [1.165, 1.54) is 12.1 Å². The second-order valence-electron chi connectivity index (χ2n) is 4.65. The van der Waals surface area contributed by atoms with Gasteiger partial charge >= 0.3 is 0 Å². The zero-order valence-electron chi connectivity index (χ0n) is 10.2. The molecule has 2 nitrogen and oxygen atoms in total. The molecule has 94 valence electrons. The summed E-state index contributed by atoms with van der Waals surface area (Å²) < 4.78 is 13.0. The molecule has 1 aliphatic rings. The number of hydrogen-bond acceptors (Lipinski definition) is 2. The van der Waals surface area contributed by atoms with Gasteiger partial charge in [0.2, 0.25) is 0 Å². The third kappa shape index (κ3) is 2.79. The third-order valence-electron chi connectivity index (χ3n) is 3.63. The maximum Gasteiger partial charge on any atom is 0.124 e. The number of hydrogen-bond donors (Lipinski definition) is 1. The summed E-state index contributed by atoms with van der Waals surface area (Å²) in [6, 6.07) is 5.37. The number of rotatable bonds is 3. The van der Waals surface area contributed by atoms with Crippen molar-refractivity contribution < 1.29 is 4.39 Å². The highest BCUT2D eigenvalue weighted by molar-refractivity contribution is 6.31. The summed E-state index contributed by atoms with van der Waals surface area (Å²) in [5.74, 6) is -0.281. The fourth-order valence-electron chi connectivity index (χ4n) is 2.36. The Hall–Kier alpha value is -0.640. The highest BCUT2D eigenvalue weighted by atomic mass is 35.5. The molecular formula is C13H18ClFN2. The average molecular weight is 257 g/mol. The lowest BCUT2D eigenvalue weighted by atomic mass is 10.0. The van der Waals surface area contributed by atoms with Crippen LogP contribution in [-0.2, 0) is 0 Å². The molecule has 2 atom stereocenters. The van der Waals surface area contributed by atoms with Gasteiger partial charge in [0.15, 0.2) is 0 Å². The molecule has 1 aromatic carbocycles. The highest BCUT2D eigenvalue weighted by Gasteiger charge is 2.24. The van der Waals surface area contributed by atoms with E-state index in [2.05, 4.69) is 24.2 Å². The van der Waals surface area contributed by atoms with Gasteiger partial charge in [-0.05, 0) is 44.6 Å². The average Bonchev–Trinajstić information content (AvgIpc) is 2.80. The van der Waals surface area contributed by atoms with Crippen LogP contribution in [0.2, 0.25) is 5.02 Å². The van der Waals surface area contributed by atoms with Crippen LogP contribution in [0.5, 0.6) is 0 Å².